The number of rotatable bonds is 1. The van der Waals surface area contributed by atoms with Gasteiger partial charge in [-0.3, -0.25) is 0 Å². The molecule has 4 rings (SSSR count). The Bertz CT molecular complexity index is 735. The Kier molecular flexibility index (Phi) is 2.68. The first-order valence-corrected chi connectivity index (χ1v) is 7.66. The normalized spacial score (nSPS) is 18.0. The first kappa shape index (κ1) is 12.6. The van der Waals surface area contributed by atoms with Crippen molar-refractivity contribution in [2.45, 2.75) is 32.1 Å². The molecule has 2 heterocycles. The van der Waals surface area contributed by atoms with Crippen LogP contribution >= 0.6 is 0 Å². The fraction of sp³-hybridized carbons (Fsp3) is 0.316. The van der Waals surface area contributed by atoms with Crippen molar-refractivity contribution in [3.05, 3.63) is 59.3 Å². The van der Waals surface area contributed by atoms with Crippen LogP contribution in [0.3, 0.4) is 0 Å². The topological polar surface area (TPSA) is 24.9 Å². The summed E-state index contributed by atoms with van der Waals surface area (Å²) in [5, 5.41) is 3.51. The van der Waals surface area contributed by atoms with Gasteiger partial charge in [0.05, 0.1) is 0 Å². The summed E-state index contributed by atoms with van der Waals surface area (Å²) in [7, 11) is 0. The van der Waals surface area contributed by atoms with Gasteiger partial charge in [0.2, 0.25) is 0 Å². The maximum atomic E-state index is 4.71. The minimum absolute atomic E-state index is 0.242. The molecule has 1 aromatic heterocycles. The van der Waals surface area contributed by atoms with Gasteiger partial charge in [0.15, 0.2) is 0 Å². The third kappa shape index (κ3) is 1.82. The molecule has 0 amide bonds. The summed E-state index contributed by atoms with van der Waals surface area (Å²) in [6, 6.07) is 8.70. The van der Waals surface area contributed by atoms with Crippen molar-refractivity contribution in [1.82, 2.24) is 4.98 Å². The van der Waals surface area contributed by atoms with E-state index < -0.39 is 0 Å². The summed E-state index contributed by atoms with van der Waals surface area (Å²) in [5.41, 5.74) is 6.91. The Hall–Kier alpha value is -2.09. The molecule has 2 nitrogen and oxygen atoms in total. The van der Waals surface area contributed by atoms with E-state index in [0.717, 1.165) is 25.2 Å². The summed E-state index contributed by atoms with van der Waals surface area (Å²) in [4.78, 5) is 4.71. The molecule has 1 spiro atoms. The van der Waals surface area contributed by atoms with E-state index in [-0.39, 0.29) is 5.41 Å². The van der Waals surface area contributed by atoms with Gasteiger partial charge in [-0.2, -0.15) is 0 Å². The number of fused-ring (bicyclic) bond motifs is 2. The second-order valence-electron chi connectivity index (χ2n) is 6.40. The van der Waals surface area contributed by atoms with E-state index in [1.54, 1.807) is 0 Å². The SMILES string of the molecule is Cc1cccc(-c2cnc3c(c2C)C2(CC=CC2)CN3)c1. The lowest BCUT2D eigenvalue weighted by Crippen LogP contribution is -2.25. The maximum absolute atomic E-state index is 4.71. The molecule has 1 aromatic carbocycles. The molecule has 2 aromatic rings. The van der Waals surface area contributed by atoms with Crippen LogP contribution in [0.25, 0.3) is 11.1 Å². The molecule has 0 radical (unpaired) electrons. The van der Waals surface area contributed by atoms with Gasteiger partial charge in [-0.15, -0.1) is 0 Å². The number of benzene rings is 1. The van der Waals surface area contributed by atoms with Crippen LogP contribution in [0.5, 0.6) is 0 Å². The molecule has 0 saturated carbocycles. The number of allylic oxidation sites excluding steroid dienone is 2. The molecule has 1 aliphatic heterocycles. The molecule has 2 heteroatoms. The van der Waals surface area contributed by atoms with Crippen LogP contribution in [0.15, 0.2) is 42.6 Å². The van der Waals surface area contributed by atoms with Gasteiger partial charge < -0.3 is 5.32 Å². The van der Waals surface area contributed by atoms with Gasteiger partial charge in [-0.05, 0) is 37.8 Å². The highest BCUT2D eigenvalue weighted by atomic mass is 15.0. The average Bonchev–Trinajstić information content (AvgIpc) is 3.09. The summed E-state index contributed by atoms with van der Waals surface area (Å²) in [6.45, 7) is 5.41. The van der Waals surface area contributed by atoms with E-state index in [1.165, 1.54) is 27.8 Å². The number of aryl methyl sites for hydroxylation is 1. The van der Waals surface area contributed by atoms with Crippen LogP contribution < -0.4 is 5.32 Å². The highest BCUT2D eigenvalue weighted by Crippen LogP contribution is 2.47. The minimum atomic E-state index is 0.242. The zero-order chi connectivity index (χ0) is 14.4. The summed E-state index contributed by atoms with van der Waals surface area (Å²) in [6.07, 6.45) is 8.92. The quantitative estimate of drug-likeness (QED) is 0.782. The third-order valence-electron chi connectivity index (χ3n) is 4.98. The van der Waals surface area contributed by atoms with Crippen LogP contribution in [0.2, 0.25) is 0 Å². The predicted octanol–water partition coefficient (Wildman–Crippen LogP) is 4.38. The second-order valence-corrected chi connectivity index (χ2v) is 6.40. The molecular weight excluding hydrogens is 256 g/mol. The van der Waals surface area contributed by atoms with Crippen LogP contribution in [0.1, 0.15) is 29.5 Å². The van der Waals surface area contributed by atoms with Gasteiger partial charge >= 0.3 is 0 Å². The zero-order valence-corrected chi connectivity index (χ0v) is 12.6. The molecule has 0 saturated heterocycles. The summed E-state index contributed by atoms with van der Waals surface area (Å²) in [5.74, 6) is 1.09. The van der Waals surface area contributed by atoms with Gasteiger partial charge in [-0.1, -0.05) is 42.0 Å². The lowest BCUT2D eigenvalue weighted by atomic mass is 9.77. The second kappa shape index (κ2) is 4.45. The number of anilines is 1. The van der Waals surface area contributed by atoms with E-state index in [0.29, 0.717) is 0 Å². The molecule has 0 fully saturated rings. The monoisotopic (exact) mass is 276 g/mol. The van der Waals surface area contributed by atoms with E-state index in [2.05, 4.69) is 55.6 Å². The van der Waals surface area contributed by atoms with Crippen molar-refractivity contribution in [3.8, 4) is 11.1 Å². The summed E-state index contributed by atoms with van der Waals surface area (Å²) < 4.78 is 0. The zero-order valence-electron chi connectivity index (χ0n) is 12.6. The lowest BCUT2D eigenvalue weighted by Gasteiger charge is -2.25. The highest BCUT2D eigenvalue weighted by molar-refractivity contribution is 5.74. The molecule has 0 unspecified atom stereocenters. The van der Waals surface area contributed by atoms with Crippen LogP contribution in [0, 0.1) is 13.8 Å². The number of hydrogen-bond donors (Lipinski definition) is 1. The molecule has 1 N–H and O–H groups in total. The maximum Gasteiger partial charge on any atom is 0.130 e. The van der Waals surface area contributed by atoms with E-state index in [4.69, 9.17) is 4.98 Å². The molecule has 2 aliphatic rings. The van der Waals surface area contributed by atoms with Crippen molar-refractivity contribution >= 4 is 5.82 Å². The average molecular weight is 276 g/mol. The summed E-state index contributed by atoms with van der Waals surface area (Å²) >= 11 is 0. The first-order chi connectivity index (χ1) is 10.2. The standard InChI is InChI=1S/C19H20N2/c1-13-6-5-7-15(10-13)16-11-20-18-17(14(16)2)19(12-21-18)8-3-4-9-19/h3-7,10-11H,8-9,12H2,1-2H3,(H,20,21). The number of nitrogens with one attached hydrogen (secondary N) is 1. The van der Waals surface area contributed by atoms with E-state index in [1.807, 2.05) is 6.20 Å². The van der Waals surface area contributed by atoms with Crippen LogP contribution in [-0.2, 0) is 5.41 Å². The molecule has 106 valence electrons. The van der Waals surface area contributed by atoms with Gasteiger partial charge in [-0.25, -0.2) is 4.98 Å². The van der Waals surface area contributed by atoms with Crippen molar-refractivity contribution in [3.63, 3.8) is 0 Å². The van der Waals surface area contributed by atoms with Crippen molar-refractivity contribution in [2.24, 2.45) is 0 Å². The predicted molar refractivity (Wildman–Crippen MR) is 87.7 cm³/mol. The first-order valence-electron chi connectivity index (χ1n) is 7.66. The smallest absolute Gasteiger partial charge is 0.130 e. The van der Waals surface area contributed by atoms with Crippen molar-refractivity contribution < 1.29 is 0 Å². The molecule has 0 bridgehead atoms. The largest absolute Gasteiger partial charge is 0.369 e. The van der Waals surface area contributed by atoms with E-state index in [9.17, 15) is 0 Å². The molecule has 21 heavy (non-hydrogen) atoms. The number of aromatic nitrogens is 1. The van der Waals surface area contributed by atoms with Crippen LogP contribution in [-0.4, -0.2) is 11.5 Å². The van der Waals surface area contributed by atoms with Gasteiger partial charge in [0.25, 0.3) is 0 Å². The fourth-order valence-corrected chi connectivity index (χ4v) is 3.88. The lowest BCUT2D eigenvalue weighted by molar-refractivity contribution is 0.506. The Balaban J connectivity index is 1.89. The van der Waals surface area contributed by atoms with E-state index >= 15 is 0 Å². The number of nitrogens with zero attached hydrogens (tertiary/aromatic N) is 1. The number of hydrogen-bond acceptors (Lipinski definition) is 2. The molecule has 1 aliphatic carbocycles. The van der Waals surface area contributed by atoms with Crippen molar-refractivity contribution in [2.75, 3.05) is 11.9 Å². The molecular formula is C19H20N2. The Labute approximate surface area is 125 Å². The Morgan fingerprint density at radius 1 is 1.14 bits per heavy atom. The Morgan fingerprint density at radius 2 is 1.95 bits per heavy atom. The highest BCUT2D eigenvalue weighted by Gasteiger charge is 2.41. The molecule has 0 atom stereocenters. The minimum Gasteiger partial charge on any atom is -0.369 e. The van der Waals surface area contributed by atoms with Gasteiger partial charge in [0, 0.05) is 29.3 Å². The van der Waals surface area contributed by atoms with Gasteiger partial charge in [0.1, 0.15) is 5.82 Å². The third-order valence-corrected chi connectivity index (χ3v) is 4.98. The van der Waals surface area contributed by atoms with Crippen molar-refractivity contribution in [1.29, 1.82) is 0 Å². The fourth-order valence-electron chi connectivity index (χ4n) is 3.88. The Morgan fingerprint density at radius 3 is 2.71 bits per heavy atom. The van der Waals surface area contributed by atoms with Crippen LogP contribution in [0.4, 0.5) is 5.82 Å². The number of pyridine rings is 1.